The van der Waals surface area contributed by atoms with Crippen molar-refractivity contribution in [2.24, 2.45) is 0 Å². The molecule has 0 saturated heterocycles. The highest BCUT2D eigenvalue weighted by molar-refractivity contribution is 5.60. The summed E-state index contributed by atoms with van der Waals surface area (Å²) in [5.74, 6) is -0.588. The zero-order valence-electron chi connectivity index (χ0n) is 8.24. The maximum atomic E-state index is 9.83. The third-order valence-electron chi connectivity index (χ3n) is 2.02. The van der Waals surface area contributed by atoms with Gasteiger partial charge in [0.1, 0.15) is 5.75 Å². The normalized spacial score (nSPS) is 25.2. The van der Waals surface area contributed by atoms with Crippen LogP contribution in [0.25, 0.3) is 0 Å². The summed E-state index contributed by atoms with van der Waals surface area (Å²) < 4.78 is 5.43. The molecule has 1 atom stereocenters. The van der Waals surface area contributed by atoms with Gasteiger partial charge in [0.15, 0.2) is 0 Å². The number of nitrogens with one attached hydrogen (secondary N) is 1. The van der Waals surface area contributed by atoms with Gasteiger partial charge in [-0.3, -0.25) is 0 Å². The molecule has 0 saturated carbocycles. The minimum Gasteiger partial charge on any atom is -0.457 e. The van der Waals surface area contributed by atoms with Crippen LogP contribution in [0.2, 0.25) is 0 Å². The molecule has 3 nitrogen and oxygen atoms in total. The van der Waals surface area contributed by atoms with Gasteiger partial charge in [0.05, 0.1) is 5.69 Å². The molecule has 0 amide bonds. The van der Waals surface area contributed by atoms with Gasteiger partial charge in [-0.2, -0.15) is 0 Å². The smallest absolute Gasteiger partial charge is 0.227 e. The summed E-state index contributed by atoms with van der Waals surface area (Å²) >= 11 is 0. The van der Waals surface area contributed by atoms with Crippen molar-refractivity contribution in [2.75, 3.05) is 5.32 Å². The summed E-state index contributed by atoms with van der Waals surface area (Å²) in [6.45, 7) is 3.50. The maximum absolute atomic E-state index is 9.83. The van der Waals surface area contributed by atoms with Crippen LogP contribution >= 0.6 is 0 Å². The first-order valence-electron chi connectivity index (χ1n) is 4.54. The molecule has 1 aliphatic heterocycles. The first-order valence-corrected chi connectivity index (χ1v) is 4.54. The second kappa shape index (κ2) is 3.03. The van der Waals surface area contributed by atoms with Gasteiger partial charge in [-0.05, 0) is 19.1 Å². The fraction of sp³-hybridized carbons (Fsp3) is 0.273. The number of allylic oxidation sites excluding steroid dienone is 1. The van der Waals surface area contributed by atoms with Crippen LogP contribution in [-0.4, -0.2) is 10.9 Å². The summed E-state index contributed by atoms with van der Waals surface area (Å²) in [5, 5.41) is 13.0. The van der Waals surface area contributed by atoms with Gasteiger partial charge in [-0.25, -0.2) is 0 Å². The molecule has 1 aliphatic rings. The Morgan fingerprint density at radius 3 is 2.86 bits per heavy atom. The number of hydrogen-bond acceptors (Lipinski definition) is 3. The van der Waals surface area contributed by atoms with Gasteiger partial charge >= 0.3 is 0 Å². The predicted molar refractivity (Wildman–Crippen MR) is 55.1 cm³/mol. The van der Waals surface area contributed by atoms with Crippen molar-refractivity contribution in [3.8, 4) is 5.75 Å². The Morgan fingerprint density at radius 1 is 1.36 bits per heavy atom. The molecule has 1 aromatic carbocycles. The van der Waals surface area contributed by atoms with Gasteiger partial charge in [-0.15, -0.1) is 0 Å². The van der Waals surface area contributed by atoms with Crippen molar-refractivity contribution in [1.82, 2.24) is 0 Å². The second-order valence-electron chi connectivity index (χ2n) is 3.61. The van der Waals surface area contributed by atoms with E-state index in [1.807, 2.05) is 31.2 Å². The summed E-state index contributed by atoms with van der Waals surface area (Å²) in [4.78, 5) is 0. The van der Waals surface area contributed by atoms with Crippen LogP contribution in [0.5, 0.6) is 5.75 Å². The highest BCUT2D eigenvalue weighted by Gasteiger charge is 2.23. The molecule has 1 unspecified atom stereocenters. The molecule has 0 bridgehead atoms. The topological polar surface area (TPSA) is 41.5 Å². The van der Waals surface area contributed by atoms with Crippen molar-refractivity contribution < 1.29 is 9.84 Å². The summed E-state index contributed by atoms with van der Waals surface area (Å²) in [6, 6.07) is 7.52. The molecule has 0 fully saturated rings. The monoisotopic (exact) mass is 191 g/mol. The van der Waals surface area contributed by atoms with Gasteiger partial charge < -0.3 is 15.2 Å². The lowest BCUT2D eigenvalue weighted by atomic mass is 10.2. The standard InChI is InChI=1S/C11H13NO2/c1-8-7-11(2,13)14-10-6-4-3-5-9(10)12-8/h3-7,12-13H,1-2H3. The van der Waals surface area contributed by atoms with E-state index in [9.17, 15) is 5.11 Å². The molecule has 14 heavy (non-hydrogen) atoms. The molecule has 74 valence electrons. The average Bonchev–Trinajstić information content (AvgIpc) is 2.16. The molecule has 0 aliphatic carbocycles. The van der Waals surface area contributed by atoms with Crippen molar-refractivity contribution in [3.05, 3.63) is 36.0 Å². The quantitative estimate of drug-likeness (QED) is 0.659. The van der Waals surface area contributed by atoms with E-state index >= 15 is 0 Å². The molecule has 0 spiro atoms. The first kappa shape index (κ1) is 9.09. The average molecular weight is 191 g/mol. The number of fused-ring (bicyclic) bond motifs is 1. The molecule has 2 rings (SSSR count). The van der Waals surface area contributed by atoms with Crippen LogP contribution in [0.1, 0.15) is 13.8 Å². The fourth-order valence-corrected chi connectivity index (χ4v) is 1.56. The largest absolute Gasteiger partial charge is 0.457 e. The Labute approximate surface area is 83.0 Å². The first-order chi connectivity index (χ1) is 6.57. The molecule has 0 radical (unpaired) electrons. The Hall–Kier alpha value is -1.48. The lowest BCUT2D eigenvalue weighted by Gasteiger charge is -2.19. The van der Waals surface area contributed by atoms with Crippen LogP contribution < -0.4 is 10.1 Å². The van der Waals surface area contributed by atoms with Crippen LogP contribution in [0, 0.1) is 0 Å². The third kappa shape index (κ3) is 1.72. The SMILES string of the molecule is CC1=CC(C)(O)Oc2ccccc2N1. The number of ether oxygens (including phenoxy) is 1. The number of hydrogen-bond donors (Lipinski definition) is 2. The second-order valence-corrected chi connectivity index (χ2v) is 3.61. The Balaban J connectivity index is 2.46. The highest BCUT2D eigenvalue weighted by Crippen LogP contribution is 2.31. The predicted octanol–water partition coefficient (Wildman–Crippen LogP) is 2.10. The van der Waals surface area contributed by atoms with E-state index in [2.05, 4.69) is 5.32 Å². The van der Waals surface area contributed by atoms with E-state index < -0.39 is 5.79 Å². The highest BCUT2D eigenvalue weighted by atomic mass is 16.6. The van der Waals surface area contributed by atoms with E-state index in [4.69, 9.17) is 4.74 Å². The number of rotatable bonds is 0. The number of benzene rings is 1. The van der Waals surface area contributed by atoms with Crippen molar-refractivity contribution in [1.29, 1.82) is 0 Å². The summed E-state index contributed by atoms with van der Waals surface area (Å²) in [6.07, 6.45) is 1.65. The van der Waals surface area contributed by atoms with E-state index in [0.717, 1.165) is 11.4 Å². The van der Waals surface area contributed by atoms with E-state index in [1.165, 1.54) is 0 Å². The molecule has 3 heteroatoms. The number of aliphatic hydroxyl groups is 1. The summed E-state index contributed by atoms with van der Waals surface area (Å²) in [5.41, 5.74) is 1.75. The molecular weight excluding hydrogens is 178 g/mol. The lowest BCUT2D eigenvalue weighted by molar-refractivity contribution is -0.0766. The molecule has 2 N–H and O–H groups in total. The molecule has 1 heterocycles. The maximum Gasteiger partial charge on any atom is 0.227 e. The Morgan fingerprint density at radius 2 is 2.07 bits per heavy atom. The van der Waals surface area contributed by atoms with E-state index in [1.54, 1.807) is 13.0 Å². The van der Waals surface area contributed by atoms with Crippen LogP contribution in [-0.2, 0) is 0 Å². The number of anilines is 1. The molecule has 1 aromatic rings. The van der Waals surface area contributed by atoms with Crippen molar-refractivity contribution in [3.63, 3.8) is 0 Å². The van der Waals surface area contributed by atoms with Gasteiger partial charge in [0, 0.05) is 18.7 Å². The van der Waals surface area contributed by atoms with Gasteiger partial charge in [0.2, 0.25) is 5.79 Å². The zero-order valence-corrected chi connectivity index (χ0v) is 8.24. The molecular formula is C11H13NO2. The van der Waals surface area contributed by atoms with E-state index in [-0.39, 0.29) is 0 Å². The van der Waals surface area contributed by atoms with Crippen LogP contribution in [0.15, 0.2) is 36.0 Å². The van der Waals surface area contributed by atoms with E-state index in [0.29, 0.717) is 5.75 Å². The van der Waals surface area contributed by atoms with Crippen LogP contribution in [0.3, 0.4) is 0 Å². The number of para-hydroxylation sites is 2. The fourth-order valence-electron chi connectivity index (χ4n) is 1.56. The van der Waals surface area contributed by atoms with Crippen molar-refractivity contribution >= 4 is 5.69 Å². The third-order valence-corrected chi connectivity index (χ3v) is 2.02. The van der Waals surface area contributed by atoms with Crippen molar-refractivity contribution in [2.45, 2.75) is 19.6 Å². The summed E-state index contributed by atoms with van der Waals surface area (Å²) in [7, 11) is 0. The van der Waals surface area contributed by atoms with Gasteiger partial charge in [-0.1, -0.05) is 12.1 Å². The minimum atomic E-state index is -1.25. The molecule has 0 aromatic heterocycles. The zero-order chi connectivity index (χ0) is 10.2. The van der Waals surface area contributed by atoms with Crippen LogP contribution in [0.4, 0.5) is 5.69 Å². The lowest BCUT2D eigenvalue weighted by Crippen LogP contribution is -2.28. The minimum absolute atomic E-state index is 0.658. The Kier molecular flexibility index (Phi) is 1.97. The Bertz CT molecular complexity index is 383. The van der Waals surface area contributed by atoms with Gasteiger partial charge in [0.25, 0.3) is 0 Å².